The summed E-state index contributed by atoms with van der Waals surface area (Å²) in [6.07, 6.45) is 2.30. The van der Waals surface area contributed by atoms with Crippen molar-refractivity contribution in [3.8, 4) is 5.69 Å². The molecule has 2 N–H and O–H groups in total. The van der Waals surface area contributed by atoms with E-state index >= 15 is 0 Å². The van der Waals surface area contributed by atoms with Crippen molar-refractivity contribution in [1.82, 2.24) is 20.2 Å². The van der Waals surface area contributed by atoms with Crippen LogP contribution in [0.5, 0.6) is 0 Å². The summed E-state index contributed by atoms with van der Waals surface area (Å²) < 4.78 is 2.07. The maximum atomic E-state index is 12.4. The van der Waals surface area contributed by atoms with Crippen molar-refractivity contribution in [2.45, 2.75) is 25.6 Å². The van der Waals surface area contributed by atoms with Crippen molar-refractivity contribution in [1.29, 1.82) is 0 Å². The zero-order valence-electron chi connectivity index (χ0n) is 16.0. The van der Waals surface area contributed by atoms with Gasteiger partial charge in [-0.25, -0.2) is 4.98 Å². The topological polar surface area (TPSA) is 59.0 Å². The molecule has 1 aromatic heterocycles. The first-order valence-electron chi connectivity index (χ1n) is 9.87. The van der Waals surface area contributed by atoms with E-state index in [0.29, 0.717) is 13.0 Å². The van der Waals surface area contributed by atoms with Crippen LogP contribution in [0.3, 0.4) is 0 Å². The molecule has 0 bridgehead atoms. The molecule has 1 amide bonds. The second kappa shape index (κ2) is 7.53. The molecule has 0 spiro atoms. The summed E-state index contributed by atoms with van der Waals surface area (Å²) in [5.74, 6) is 0.0592. The van der Waals surface area contributed by atoms with Crippen LogP contribution in [-0.4, -0.2) is 15.5 Å². The first-order valence-corrected chi connectivity index (χ1v) is 9.87. The molecule has 0 radical (unpaired) electrons. The molecule has 0 saturated carbocycles. The largest absolute Gasteiger partial charge is 0.352 e. The van der Waals surface area contributed by atoms with Crippen LogP contribution in [-0.2, 0) is 17.9 Å². The van der Waals surface area contributed by atoms with Gasteiger partial charge in [-0.2, -0.15) is 0 Å². The Morgan fingerprint density at radius 1 is 1.03 bits per heavy atom. The van der Waals surface area contributed by atoms with E-state index < -0.39 is 0 Å². The van der Waals surface area contributed by atoms with E-state index in [-0.39, 0.29) is 11.9 Å². The van der Waals surface area contributed by atoms with E-state index in [4.69, 9.17) is 0 Å². The molecule has 5 rings (SSSR count). The first-order chi connectivity index (χ1) is 14.3. The molecule has 5 nitrogen and oxygen atoms in total. The number of para-hydroxylation sites is 2. The molecular weight excluding hydrogens is 360 g/mol. The Bertz CT molecular complexity index is 1160. The Balaban J connectivity index is 1.21. The quantitative estimate of drug-likeness (QED) is 0.551. The minimum atomic E-state index is 0.0592. The van der Waals surface area contributed by atoms with Crippen molar-refractivity contribution < 1.29 is 4.79 Å². The van der Waals surface area contributed by atoms with E-state index in [2.05, 4.69) is 50.5 Å². The van der Waals surface area contributed by atoms with Crippen molar-refractivity contribution in [2.75, 3.05) is 0 Å². The lowest BCUT2D eigenvalue weighted by molar-refractivity contribution is -0.121. The number of nitrogens with zero attached hydrogens (tertiary/aromatic N) is 2. The molecule has 29 heavy (non-hydrogen) atoms. The van der Waals surface area contributed by atoms with Crippen LogP contribution in [0.25, 0.3) is 16.7 Å². The monoisotopic (exact) mass is 382 g/mol. The summed E-state index contributed by atoms with van der Waals surface area (Å²) in [5, 5.41) is 6.46. The van der Waals surface area contributed by atoms with Crippen LogP contribution in [0.4, 0.5) is 0 Å². The Kier molecular flexibility index (Phi) is 4.58. The number of benzene rings is 3. The molecular formula is C24H22N4O. The summed E-state index contributed by atoms with van der Waals surface area (Å²) in [4.78, 5) is 16.9. The Labute approximate surface area is 169 Å². The summed E-state index contributed by atoms with van der Waals surface area (Å²) >= 11 is 0. The lowest BCUT2D eigenvalue weighted by Crippen LogP contribution is -2.27. The zero-order valence-corrected chi connectivity index (χ0v) is 16.0. The zero-order chi connectivity index (χ0) is 19.6. The summed E-state index contributed by atoms with van der Waals surface area (Å²) in [6, 6.07) is 24.7. The minimum Gasteiger partial charge on any atom is -0.352 e. The fourth-order valence-electron chi connectivity index (χ4n) is 3.96. The number of nitrogens with one attached hydrogen (secondary N) is 2. The highest BCUT2D eigenvalue weighted by atomic mass is 16.1. The van der Waals surface area contributed by atoms with E-state index in [9.17, 15) is 4.79 Å². The fraction of sp³-hybridized carbons (Fsp3) is 0.167. The Morgan fingerprint density at radius 2 is 1.83 bits per heavy atom. The van der Waals surface area contributed by atoms with Gasteiger partial charge >= 0.3 is 0 Å². The molecule has 0 fully saturated rings. The molecule has 5 heteroatoms. The lowest BCUT2D eigenvalue weighted by atomic mass is 10.0. The van der Waals surface area contributed by atoms with Gasteiger partial charge < -0.3 is 10.6 Å². The van der Waals surface area contributed by atoms with Gasteiger partial charge in [0.15, 0.2) is 0 Å². The minimum absolute atomic E-state index is 0.0592. The molecule has 4 aromatic rings. The normalized spacial score (nSPS) is 15.4. The summed E-state index contributed by atoms with van der Waals surface area (Å²) in [7, 11) is 0. The van der Waals surface area contributed by atoms with Gasteiger partial charge in [0.25, 0.3) is 0 Å². The molecule has 1 aliphatic heterocycles. The van der Waals surface area contributed by atoms with Gasteiger partial charge in [0, 0.05) is 31.2 Å². The van der Waals surface area contributed by atoms with E-state index in [1.54, 1.807) is 0 Å². The molecule has 1 atom stereocenters. The van der Waals surface area contributed by atoms with Gasteiger partial charge in [-0.05, 0) is 41.0 Å². The van der Waals surface area contributed by atoms with E-state index in [1.807, 2.05) is 48.8 Å². The van der Waals surface area contributed by atoms with Crippen molar-refractivity contribution in [3.63, 3.8) is 0 Å². The number of aromatic nitrogens is 2. The molecule has 144 valence electrons. The van der Waals surface area contributed by atoms with Crippen LogP contribution in [0, 0.1) is 0 Å². The van der Waals surface area contributed by atoms with Gasteiger partial charge in [0.1, 0.15) is 6.33 Å². The molecule has 1 unspecified atom stereocenters. The van der Waals surface area contributed by atoms with Gasteiger partial charge in [0.2, 0.25) is 5.91 Å². The third-order valence-electron chi connectivity index (χ3n) is 5.52. The van der Waals surface area contributed by atoms with Crippen LogP contribution >= 0.6 is 0 Å². The number of hydrogen-bond acceptors (Lipinski definition) is 3. The van der Waals surface area contributed by atoms with E-state index in [0.717, 1.165) is 28.8 Å². The average molecular weight is 382 g/mol. The van der Waals surface area contributed by atoms with Crippen LogP contribution in [0.15, 0.2) is 79.1 Å². The summed E-state index contributed by atoms with van der Waals surface area (Å²) in [5.41, 5.74) is 6.71. The maximum absolute atomic E-state index is 12.4. The predicted octanol–water partition coefficient (Wildman–Crippen LogP) is 3.88. The highest BCUT2D eigenvalue weighted by Gasteiger charge is 2.23. The van der Waals surface area contributed by atoms with Crippen molar-refractivity contribution in [2.24, 2.45) is 0 Å². The predicted molar refractivity (Wildman–Crippen MR) is 114 cm³/mol. The Hall–Kier alpha value is -3.44. The van der Waals surface area contributed by atoms with E-state index in [1.165, 1.54) is 11.1 Å². The number of carbonyl (C=O) groups excluding carboxylic acids is 1. The molecule has 2 heterocycles. The van der Waals surface area contributed by atoms with Crippen LogP contribution < -0.4 is 10.6 Å². The summed E-state index contributed by atoms with van der Waals surface area (Å²) in [6.45, 7) is 1.36. The van der Waals surface area contributed by atoms with Gasteiger partial charge in [-0.15, -0.1) is 0 Å². The first kappa shape index (κ1) is 17.6. The third-order valence-corrected chi connectivity index (χ3v) is 5.52. The standard InChI is InChI=1S/C24H22N4O/c29-24(13-22-20-6-2-1-5-18(20)15-25-22)26-14-17-9-11-19(12-10-17)28-16-27-21-7-3-4-8-23(21)28/h1-12,16,22,25H,13-15H2,(H,26,29). The second-order valence-corrected chi connectivity index (χ2v) is 7.38. The maximum Gasteiger partial charge on any atom is 0.222 e. The van der Waals surface area contributed by atoms with Gasteiger partial charge in [-0.1, -0.05) is 48.5 Å². The van der Waals surface area contributed by atoms with Crippen molar-refractivity contribution in [3.05, 3.63) is 95.8 Å². The highest BCUT2D eigenvalue weighted by molar-refractivity contribution is 5.78. The number of imidazole rings is 1. The lowest BCUT2D eigenvalue weighted by Gasteiger charge is -2.12. The smallest absolute Gasteiger partial charge is 0.222 e. The SMILES string of the molecule is O=C(CC1NCc2ccccc21)NCc1ccc(-n2cnc3ccccc32)cc1. The average Bonchev–Trinajstić information content (AvgIpc) is 3.37. The van der Waals surface area contributed by atoms with Crippen LogP contribution in [0.2, 0.25) is 0 Å². The number of fused-ring (bicyclic) bond motifs is 2. The molecule has 3 aromatic carbocycles. The third kappa shape index (κ3) is 3.52. The van der Waals surface area contributed by atoms with Gasteiger partial charge in [-0.3, -0.25) is 9.36 Å². The van der Waals surface area contributed by atoms with Crippen LogP contribution in [0.1, 0.15) is 29.2 Å². The number of carbonyl (C=O) groups is 1. The molecule has 0 aliphatic carbocycles. The fourth-order valence-corrected chi connectivity index (χ4v) is 3.96. The van der Waals surface area contributed by atoms with Gasteiger partial charge in [0.05, 0.1) is 11.0 Å². The highest BCUT2D eigenvalue weighted by Crippen LogP contribution is 2.27. The number of rotatable bonds is 5. The number of hydrogen-bond donors (Lipinski definition) is 2. The second-order valence-electron chi connectivity index (χ2n) is 7.38. The number of amides is 1. The molecule has 0 saturated heterocycles. The Morgan fingerprint density at radius 3 is 2.72 bits per heavy atom. The van der Waals surface area contributed by atoms with Crippen molar-refractivity contribution >= 4 is 16.9 Å². The molecule has 1 aliphatic rings.